The van der Waals surface area contributed by atoms with Gasteiger partial charge in [0, 0.05) is 23.1 Å². The van der Waals surface area contributed by atoms with Crippen LogP contribution in [0, 0.1) is 0 Å². The fourth-order valence-electron chi connectivity index (χ4n) is 0. The summed E-state index contributed by atoms with van der Waals surface area (Å²) in [7, 11) is -2.17. The average molecular weight is 167 g/mol. The first-order valence-electron chi connectivity index (χ1n) is 0.775. The lowest BCUT2D eigenvalue weighted by molar-refractivity contribution is 0.278. The van der Waals surface area contributed by atoms with Crippen LogP contribution >= 0.6 is 17.0 Å². The molecule has 0 saturated carbocycles. The largest absolute Gasteiger partial charge is 0.631 e. The predicted molar refractivity (Wildman–Crippen MR) is 28.5 cm³/mol. The average Bonchev–Trinajstić information content (AvgIpc) is 0.811. The molecule has 0 aromatic heterocycles. The van der Waals surface area contributed by atoms with Crippen molar-refractivity contribution in [2.45, 2.75) is 0 Å². The summed E-state index contributed by atoms with van der Waals surface area (Å²) in [5.74, 6) is 0. The summed E-state index contributed by atoms with van der Waals surface area (Å²) in [6.45, 7) is 0. The molecule has 0 heterocycles. The van der Waals surface area contributed by atoms with E-state index in [0.717, 1.165) is 0 Å². The van der Waals surface area contributed by atoms with E-state index in [0.29, 0.717) is 0 Å². The molecule has 0 aliphatic carbocycles. The molecule has 0 amide bonds. The molecule has 0 aliphatic rings. The van der Waals surface area contributed by atoms with Gasteiger partial charge in [0.2, 0.25) is 0 Å². The van der Waals surface area contributed by atoms with Crippen molar-refractivity contribution in [3.63, 3.8) is 0 Å². The minimum atomic E-state index is -2.17. The second kappa shape index (κ2) is 9.50. The first kappa shape index (κ1) is 15.7. The Labute approximate surface area is 62.5 Å². The first-order chi connectivity index (χ1) is 1.73. The molecule has 2 radical (unpaired) electrons. The van der Waals surface area contributed by atoms with Crippen molar-refractivity contribution < 1.29 is 15.1 Å². The van der Waals surface area contributed by atoms with Crippen molar-refractivity contribution in [1.29, 1.82) is 0 Å². The van der Waals surface area contributed by atoms with Crippen LogP contribution < -0.4 is 0 Å². The Balaban J connectivity index is -0.0000000450. The fraction of sp³-hybridized carbons (Fsp3) is 0. The second-order valence-corrected chi connectivity index (χ2v) is 0.346. The standard InChI is InChI=1S/BH3O3.BrH.Mg/c2-1(3)4;;/h2-4H;1H;. The Hall–Kier alpha value is 1.19. The third kappa shape index (κ3) is 64.3. The molecule has 0 aliphatic heterocycles. The smallest absolute Gasteiger partial charge is 0.402 e. The maximum Gasteiger partial charge on any atom is 0.631 e. The molecule has 0 unspecified atom stereocenters. The molecule has 0 saturated heterocycles. The maximum atomic E-state index is 7.17. The Morgan fingerprint density at radius 2 is 1.00 bits per heavy atom. The molecule has 0 aromatic carbocycles. The summed E-state index contributed by atoms with van der Waals surface area (Å²) < 4.78 is 0. The summed E-state index contributed by atoms with van der Waals surface area (Å²) in [5.41, 5.74) is 0. The van der Waals surface area contributed by atoms with Gasteiger partial charge >= 0.3 is 7.32 Å². The van der Waals surface area contributed by atoms with Crippen LogP contribution in [0.3, 0.4) is 0 Å². The molecule has 6 heavy (non-hydrogen) atoms. The minimum Gasteiger partial charge on any atom is -0.402 e. The summed E-state index contributed by atoms with van der Waals surface area (Å²) in [4.78, 5) is 0. The number of halogens is 1. The minimum absolute atomic E-state index is 0. The molecule has 0 aromatic rings. The van der Waals surface area contributed by atoms with Gasteiger partial charge in [0.25, 0.3) is 0 Å². The zero-order chi connectivity index (χ0) is 3.58. The van der Waals surface area contributed by atoms with Crippen molar-refractivity contribution in [3.05, 3.63) is 0 Å². The van der Waals surface area contributed by atoms with Crippen molar-refractivity contribution in [3.8, 4) is 0 Å². The van der Waals surface area contributed by atoms with E-state index in [4.69, 9.17) is 15.1 Å². The van der Waals surface area contributed by atoms with Gasteiger partial charge in [-0.1, -0.05) is 0 Å². The quantitative estimate of drug-likeness (QED) is 0.371. The van der Waals surface area contributed by atoms with Crippen LogP contribution in [0.4, 0.5) is 0 Å². The van der Waals surface area contributed by atoms with Gasteiger partial charge in [-0.05, 0) is 0 Å². The molecule has 0 spiro atoms. The Bertz CT molecular complexity index is 15.5. The maximum absolute atomic E-state index is 7.17. The van der Waals surface area contributed by atoms with Crippen LogP contribution in [0.25, 0.3) is 0 Å². The van der Waals surface area contributed by atoms with Crippen LogP contribution in [0.5, 0.6) is 0 Å². The van der Waals surface area contributed by atoms with E-state index in [9.17, 15) is 0 Å². The SMILES string of the molecule is Br.OB(O)O.[Mg]. The Morgan fingerprint density at radius 3 is 1.00 bits per heavy atom. The predicted octanol–water partition coefficient (Wildman–Crippen LogP) is -1.85. The molecule has 3 nitrogen and oxygen atoms in total. The monoisotopic (exact) mass is 166 g/mol. The van der Waals surface area contributed by atoms with E-state index in [-0.39, 0.29) is 40.0 Å². The van der Waals surface area contributed by atoms with Crippen LogP contribution in [0.1, 0.15) is 0 Å². The fourth-order valence-corrected chi connectivity index (χ4v) is 0. The Kier molecular flexibility index (Phi) is 24.8. The van der Waals surface area contributed by atoms with Crippen molar-refractivity contribution in [1.82, 2.24) is 0 Å². The van der Waals surface area contributed by atoms with E-state index < -0.39 is 7.32 Å². The lowest BCUT2D eigenvalue weighted by Crippen LogP contribution is -2.07. The molecule has 0 fully saturated rings. The molecule has 0 bridgehead atoms. The van der Waals surface area contributed by atoms with Gasteiger partial charge in [-0.25, -0.2) is 0 Å². The van der Waals surface area contributed by atoms with Gasteiger partial charge in [0.15, 0.2) is 0 Å². The lowest BCUT2D eigenvalue weighted by Gasteiger charge is -1.69. The molecular weight excluding hydrogens is 163 g/mol. The van der Waals surface area contributed by atoms with Gasteiger partial charge < -0.3 is 15.1 Å². The number of hydrogen-bond donors (Lipinski definition) is 3. The molecule has 34 valence electrons. The van der Waals surface area contributed by atoms with Crippen molar-refractivity contribution in [2.24, 2.45) is 0 Å². The lowest BCUT2D eigenvalue weighted by atomic mass is 10.3. The summed E-state index contributed by atoms with van der Waals surface area (Å²) in [5, 5.41) is 21.5. The third-order valence-electron chi connectivity index (χ3n) is 0. The highest BCUT2D eigenvalue weighted by atomic mass is 79.9. The molecule has 3 N–H and O–H groups in total. The van der Waals surface area contributed by atoms with E-state index in [2.05, 4.69) is 0 Å². The van der Waals surface area contributed by atoms with Gasteiger partial charge in [-0.3, -0.25) is 0 Å². The van der Waals surface area contributed by atoms with Crippen LogP contribution in [-0.2, 0) is 0 Å². The normalized spacial score (nSPS) is 4.50. The van der Waals surface area contributed by atoms with Crippen LogP contribution in [0.2, 0.25) is 0 Å². The van der Waals surface area contributed by atoms with Gasteiger partial charge in [0.05, 0.1) is 0 Å². The Morgan fingerprint density at radius 1 is 1.00 bits per heavy atom. The highest BCUT2D eigenvalue weighted by molar-refractivity contribution is 8.93. The topological polar surface area (TPSA) is 60.7 Å². The molecule has 0 atom stereocenters. The van der Waals surface area contributed by atoms with E-state index >= 15 is 0 Å². The van der Waals surface area contributed by atoms with Crippen LogP contribution in [-0.4, -0.2) is 45.4 Å². The first-order valence-corrected chi connectivity index (χ1v) is 0.775. The van der Waals surface area contributed by atoms with E-state index in [1.54, 1.807) is 0 Å². The summed E-state index contributed by atoms with van der Waals surface area (Å²) >= 11 is 0. The van der Waals surface area contributed by atoms with E-state index in [1.165, 1.54) is 0 Å². The molecule has 0 rings (SSSR count). The van der Waals surface area contributed by atoms with Crippen molar-refractivity contribution in [2.75, 3.05) is 0 Å². The summed E-state index contributed by atoms with van der Waals surface area (Å²) in [6.07, 6.45) is 0. The molecular formula is H4BBrMgO3. The third-order valence-corrected chi connectivity index (χ3v) is 0. The highest BCUT2D eigenvalue weighted by Gasteiger charge is 1.92. The molecule has 6 heteroatoms. The van der Waals surface area contributed by atoms with Crippen LogP contribution in [0.15, 0.2) is 0 Å². The second-order valence-electron chi connectivity index (χ2n) is 0.346. The zero-order valence-electron chi connectivity index (χ0n) is 3.03. The van der Waals surface area contributed by atoms with E-state index in [1.807, 2.05) is 0 Å². The summed E-state index contributed by atoms with van der Waals surface area (Å²) in [6, 6.07) is 0. The highest BCUT2D eigenvalue weighted by Crippen LogP contribution is 1.40. The van der Waals surface area contributed by atoms with Gasteiger partial charge in [0.1, 0.15) is 0 Å². The zero-order valence-corrected chi connectivity index (χ0v) is 6.16. The number of hydrogen-bond acceptors (Lipinski definition) is 3. The van der Waals surface area contributed by atoms with Gasteiger partial charge in [-0.2, -0.15) is 0 Å². The number of rotatable bonds is 0. The van der Waals surface area contributed by atoms with Crippen molar-refractivity contribution >= 4 is 47.4 Å². The van der Waals surface area contributed by atoms with Gasteiger partial charge in [-0.15, -0.1) is 17.0 Å².